The lowest BCUT2D eigenvalue weighted by Gasteiger charge is -2.34. The number of carbonyl (C=O) groups is 1. The Balaban J connectivity index is 1.69. The van der Waals surface area contributed by atoms with E-state index in [0.717, 1.165) is 24.3 Å². The first kappa shape index (κ1) is 20.8. The molecule has 4 nitrogen and oxygen atoms in total. The van der Waals surface area contributed by atoms with Gasteiger partial charge in [-0.05, 0) is 90.1 Å². The van der Waals surface area contributed by atoms with Crippen LogP contribution in [0.3, 0.4) is 0 Å². The lowest BCUT2D eigenvalue weighted by atomic mass is 9.83. The molecule has 0 aromatic heterocycles. The van der Waals surface area contributed by atoms with E-state index >= 15 is 0 Å². The minimum absolute atomic E-state index is 0.238. The number of carbonyl (C=O) groups excluding carboxylic acids is 1. The van der Waals surface area contributed by atoms with Crippen molar-refractivity contribution in [2.24, 2.45) is 5.92 Å². The molecule has 1 aliphatic rings. The minimum Gasteiger partial charge on any atom is -0.410 e. The summed E-state index contributed by atoms with van der Waals surface area (Å²) in [7, 11) is 4.09. The zero-order valence-electron chi connectivity index (χ0n) is 17.0. The van der Waals surface area contributed by atoms with E-state index < -0.39 is 0 Å². The van der Waals surface area contributed by atoms with E-state index in [0.29, 0.717) is 11.8 Å². The predicted molar refractivity (Wildman–Crippen MR) is 108 cm³/mol. The average Bonchev–Trinajstić information content (AvgIpc) is 2.64. The Bertz CT molecular complexity index is 536. The van der Waals surface area contributed by atoms with Crippen LogP contribution in [0.5, 0.6) is 5.75 Å². The number of aryl methyl sites for hydroxylation is 1. The van der Waals surface area contributed by atoms with Gasteiger partial charge in [-0.25, -0.2) is 4.79 Å². The fraction of sp³-hybridized carbons (Fsp3) is 0.682. The van der Waals surface area contributed by atoms with Crippen molar-refractivity contribution in [1.29, 1.82) is 0 Å². The molecule has 0 atom stereocenters. The summed E-state index contributed by atoms with van der Waals surface area (Å²) in [4.78, 5) is 16.6. The van der Waals surface area contributed by atoms with Gasteiger partial charge < -0.3 is 14.5 Å². The summed E-state index contributed by atoms with van der Waals surface area (Å²) in [5, 5.41) is 0. The molecule has 0 bridgehead atoms. The third-order valence-corrected chi connectivity index (χ3v) is 5.64. The molecule has 4 heteroatoms. The Hall–Kier alpha value is -1.55. The van der Waals surface area contributed by atoms with Crippen molar-refractivity contribution in [1.82, 2.24) is 9.80 Å². The zero-order valence-corrected chi connectivity index (χ0v) is 17.0. The third-order valence-electron chi connectivity index (χ3n) is 5.64. The fourth-order valence-electron chi connectivity index (χ4n) is 3.89. The Morgan fingerprint density at radius 2 is 1.73 bits per heavy atom. The first-order valence-electron chi connectivity index (χ1n) is 10.2. The second-order valence-electron chi connectivity index (χ2n) is 7.91. The van der Waals surface area contributed by atoms with Gasteiger partial charge in [-0.3, -0.25) is 0 Å². The molecule has 0 heterocycles. The van der Waals surface area contributed by atoms with Gasteiger partial charge in [0.1, 0.15) is 5.75 Å². The van der Waals surface area contributed by atoms with Crippen molar-refractivity contribution in [3.8, 4) is 5.75 Å². The molecule has 0 unspecified atom stereocenters. The van der Waals surface area contributed by atoms with Gasteiger partial charge in [-0.2, -0.15) is 0 Å². The molecule has 146 valence electrons. The summed E-state index contributed by atoms with van der Waals surface area (Å²) in [5.41, 5.74) is 1.16. The van der Waals surface area contributed by atoms with Gasteiger partial charge in [0.2, 0.25) is 0 Å². The number of ether oxygens (including phenoxy) is 1. The van der Waals surface area contributed by atoms with Crippen molar-refractivity contribution in [2.75, 3.05) is 27.2 Å². The van der Waals surface area contributed by atoms with Crippen LogP contribution in [-0.4, -0.2) is 49.1 Å². The van der Waals surface area contributed by atoms with Gasteiger partial charge in [-0.1, -0.05) is 24.6 Å². The van der Waals surface area contributed by atoms with Gasteiger partial charge >= 0.3 is 6.09 Å². The minimum atomic E-state index is -0.238. The molecule has 1 amide bonds. The van der Waals surface area contributed by atoms with E-state index in [2.05, 4.69) is 18.9 Å². The first-order chi connectivity index (χ1) is 12.5. The van der Waals surface area contributed by atoms with E-state index in [1.165, 1.54) is 45.2 Å². The van der Waals surface area contributed by atoms with Crippen LogP contribution in [-0.2, 0) is 0 Å². The van der Waals surface area contributed by atoms with E-state index in [9.17, 15) is 4.79 Å². The number of hydrogen-bond acceptors (Lipinski definition) is 3. The highest BCUT2D eigenvalue weighted by Crippen LogP contribution is 2.30. The standard InChI is InChI=1S/C22H36N2O2/c1-5-16-23(3)17-6-7-19-10-12-20(13-11-19)24(4)22(25)26-21-14-8-18(2)9-15-21/h8-9,14-15,19-20H,5-7,10-13,16-17H2,1-4H3/t19-,20-. The lowest BCUT2D eigenvalue weighted by molar-refractivity contribution is 0.123. The maximum absolute atomic E-state index is 12.4. The monoisotopic (exact) mass is 360 g/mol. The van der Waals surface area contributed by atoms with Gasteiger partial charge in [0.15, 0.2) is 0 Å². The fourth-order valence-corrected chi connectivity index (χ4v) is 3.89. The molecule has 2 rings (SSSR count). The second-order valence-corrected chi connectivity index (χ2v) is 7.91. The largest absolute Gasteiger partial charge is 0.415 e. The Labute approximate surface area is 159 Å². The molecule has 26 heavy (non-hydrogen) atoms. The highest BCUT2D eigenvalue weighted by molar-refractivity contribution is 5.70. The molecule has 1 aromatic rings. The summed E-state index contributed by atoms with van der Waals surface area (Å²) >= 11 is 0. The summed E-state index contributed by atoms with van der Waals surface area (Å²) in [6.45, 7) is 6.66. The Morgan fingerprint density at radius 3 is 2.35 bits per heavy atom. The number of hydrogen-bond donors (Lipinski definition) is 0. The summed E-state index contributed by atoms with van der Waals surface area (Å²) < 4.78 is 5.51. The molecule has 1 saturated carbocycles. The smallest absolute Gasteiger partial charge is 0.410 e. The third kappa shape index (κ3) is 6.64. The van der Waals surface area contributed by atoms with Crippen LogP contribution in [0.2, 0.25) is 0 Å². The maximum Gasteiger partial charge on any atom is 0.415 e. The average molecular weight is 361 g/mol. The molecule has 0 aliphatic heterocycles. The lowest BCUT2D eigenvalue weighted by Crippen LogP contribution is -2.41. The van der Waals surface area contributed by atoms with Crippen LogP contribution >= 0.6 is 0 Å². The molecule has 1 fully saturated rings. The van der Waals surface area contributed by atoms with E-state index in [4.69, 9.17) is 4.74 Å². The number of rotatable bonds is 8. The SMILES string of the molecule is CCCN(C)CCC[C@H]1CC[C@H](N(C)C(=O)Oc2ccc(C)cc2)CC1. The van der Waals surface area contributed by atoms with Crippen LogP contribution in [0.25, 0.3) is 0 Å². The zero-order chi connectivity index (χ0) is 18.9. The quantitative estimate of drug-likeness (QED) is 0.646. The van der Waals surface area contributed by atoms with Crippen LogP contribution < -0.4 is 4.74 Å². The van der Waals surface area contributed by atoms with E-state index in [1.807, 2.05) is 38.2 Å². The van der Waals surface area contributed by atoms with Crippen molar-refractivity contribution >= 4 is 6.09 Å². The number of benzene rings is 1. The predicted octanol–water partition coefficient (Wildman–Crippen LogP) is 5.11. The number of nitrogens with zero attached hydrogens (tertiary/aromatic N) is 2. The van der Waals surface area contributed by atoms with Crippen LogP contribution in [0, 0.1) is 12.8 Å². The first-order valence-corrected chi connectivity index (χ1v) is 10.2. The summed E-state index contributed by atoms with van der Waals surface area (Å²) in [5.74, 6) is 1.44. The molecular weight excluding hydrogens is 324 g/mol. The van der Waals surface area contributed by atoms with E-state index in [1.54, 1.807) is 4.90 Å². The maximum atomic E-state index is 12.4. The van der Waals surface area contributed by atoms with Gasteiger partial charge in [0, 0.05) is 13.1 Å². The normalized spacial score (nSPS) is 20.2. The molecular formula is C22H36N2O2. The molecule has 1 aromatic carbocycles. The topological polar surface area (TPSA) is 32.8 Å². The van der Waals surface area contributed by atoms with Crippen LogP contribution in [0.1, 0.15) is 57.4 Å². The molecule has 1 aliphatic carbocycles. The Kier molecular flexibility index (Phi) is 8.43. The van der Waals surface area contributed by atoms with Gasteiger partial charge in [0.05, 0.1) is 0 Å². The summed E-state index contributed by atoms with van der Waals surface area (Å²) in [6, 6.07) is 7.95. The molecule has 0 saturated heterocycles. The van der Waals surface area contributed by atoms with Crippen molar-refractivity contribution in [3.05, 3.63) is 29.8 Å². The van der Waals surface area contributed by atoms with Crippen molar-refractivity contribution < 1.29 is 9.53 Å². The van der Waals surface area contributed by atoms with E-state index in [-0.39, 0.29) is 6.09 Å². The van der Waals surface area contributed by atoms with Crippen molar-refractivity contribution in [3.63, 3.8) is 0 Å². The van der Waals surface area contributed by atoms with Crippen LogP contribution in [0.4, 0.5) is 4.79 Å². The Morgan fingerprint density at radius 1 is 1.08 bits per heavy atom. The molecule has 0 radical (unpaired) electrons. The van der Waals surface area contributed by atoms with Gasteiger partial charge in [0.25, 0.3) is 0 Å². The summed E-state index contributed by atoms with van der Waals surface area (Å²) in [6.07, 6.45) is 8.24. The van der Waals surface area contributed by atoms with Crippen molar-refractivity contribution in [2.45, 2.75) is 64.8 Å². The van der Waals surface area contributed by atoms with Gasteiger partial charge in [-0.15, -0.1) is 0 Å². The van der Waals surface area contributed by atoms with Crippen LogP contribution in [0.15, 0.2) is 24.3 Å². The molecule has 0 spiro atoms. The second kappa shape index (κ2) is 10.6. The highest BCUT2D eigenvalue weighted by Gasteiger charge is 2.27. The highest BCUT2D eigenvalue weighted by atomic mass is 16.6. The molecule has 0 N–H and O–H groups in total. The number of amides is 1.